The highest BCUT2D eigenvalue weighted by Gasteiger charge is 2.20. The van der Waals surface area contributed by atoms with Crippen molar-refractivity contribution in [3.8, 4) is 0 Å². The highest BCUT2D eigenvalue weighted by Crippen LogP contribution is 2.10. The third-order valence-electron chi connectivity index (χ3n) is 2.72. The van der Waals surface area contributed by atoms with E-state index in [4.69, 9.17) is 11.6 Å². The number of hydrogen-bond donors (Lipinski definition) is 1. The molecule has 0 spiro atoms. The van der Waals surface area contributed by atoms with Crippen LogP contribution >= 0.6 is 11.6 Å². The third-order valence-corrected chi connectivity index (χ3v) is 2.97. The van der Waals surface area contributed by atoms with E-state index in [0.29, 0.717) is 10.6 Å². The summed E-state index contributed by atoms with van der Waals surface area (Å²) < 4.78 is 0. The van der Waals surface area contributed by atoms with E-state index >= 15 is 0 Å². The first-order valence-electron chi connectivity index (χ1n) is 5.52. The van der Waals surface area contributed by atoms with Crippen molar-refractivity contribution < 1.29 is 9.59 Å². The average molecular weight is 253 g/mol. The van der Waals surface area contributed by atoms with Crippen LogP contribution in [0.15, 0.2) is 24.3 Å². The molecule has 1 aromatic carbocycles. The van der Waals surface area contributed by atoms with E-state index in [0.717, 1.165) is 25.9 Å². The first kappa shape index (κ1) is 11.9. The predicted molar refractivity (Wildman–Crippen MR) is 65.1 cm³/mol. The molecule has 0 unspecified atom stereocenters. The molecule has 3 amide bonds. The second-order valence-corrected chi connectivity index (χ2v) is 4.40. The van der Waals surface area contributed by atoms with Crippen molar-refractivity contribution in [2.45, 2.75) is 12.8 Å². The van der Waals surface area contributed by atoms with E-state index < -0.39 is 5.91 Å². The van der Waals surface area contributed by atoms with E-state index in [1.165, 1.54) is 0 Å². The van der Waals surface area contributed by atoms with Crippen LogP contribution in [0.4, 0.5) is 4.79 Å². The number of nitrogens with zero attached hydrogens (tertiary/aromatic N) is 1. The third kappa shape index (κ3) is 2.97. The second-order valence-electron chi connectivity index (χ2n) is 3.96. The minimum absolute atomic E-state index is 0.317. The van der Waals surface area contributed by atoms with Gasteiger partial charge in [-0.05, 0) is 37.1 Å². The number of benzene rings is 1. The molecule has 1 aromatic rings. The van der Waals surface area contributed by atoms with Gasteiger partial charge in [0.25, 0.3) is 5.91 Å². The monoisotopic (exact) mass is 252 g/mol. The van der Waals surface area contributed by atoms with Gasteiger partial charge in [0.2, 0.25) is 0 Å². The van der Waals surface area contributed by atoms with Crippen molar-refractivity contribution in [3.63, 3.8) is 0 Å². The molecule has 1 heterocycles. The Labute approximate surface area is 105 Å². The fourth-order valence-corrected chi connectivity index (χ4v) is 1.90. The number of nitrogens with one attached hydrogen (secondary N) is 1. The van der Waals surface area contributed by atoms with Crippen molar-refractivity contribution in [1.82, 2.24) is 10.2 Å². The number of urea groups is 1. The fourth-order valence-electron chi connectivity index (χ4n) is 1.77. The van der Waals surface area contributed by atoms with Gasteiger partial charge in [0, 0.05) is 23.7 Å². The van der Waals surface area contributed by atoms with E-state index in [-0.39, 0.29) is 6.03 Å². The number of carbonyl (C=O) groups excluding carboxylic acids is 2. The van der Waals surface area contributed by atoms with Gasteiger partial charge in [-0.3, -0.25) is 10.1 Å². The molecule has 2 rings (SSSR count). The van der Waals surface area contributed by atoms with Crippen LogP contribution in [-0.2, 0) is 0 Å². The van der Waals surface area contributed by atoms with Crippen molar-refractivity contribution in [2.75, 3.05) is 13.1 Å². The molecule has 17 heavy (non-hydrogen) atoms. The first-order chi connectivity index (χ1) is 8.16. The number of halogens is 1. The molecule has 5 heteroatoms. The maximum absolute atomic E-state index is 11.7. The van der Waals surface area contributed by atoms with Gasteiger partial charge in [-0.15, -0.1) is 0 Å². The molecule has 0 aliphatic carbocycles. The first-order valence-corrected chi connectivity index (χ1v) is 5.90. The molecule has 1 N–H and O–H groups in total. The molecule has 90 valence electrons. The summed E-state index contributed by atoms with van der Waals surface area (Å²) in [5.41, 5.74) is 0.432. The lowest BCUT2D eigenvalue weighted by Crippen LogP contribution is -2.41. The number of carbonyl (C=O) groups is 2. The van der Waals surface area contributed by atoms with Crippen LogP contribution in [0.5, 0.6) is 0 Å². The maximum Gasteiger partial charge on any atom is 0.324 e. The van der Waals surface area contributed by atoms with E-state index in [9.17, 15) is 9.59 Å². The Balaban J connectivity index is 1.96. The SMILES string of the molecule is O=C(NC(=O)N1CCCC1)c1ccc(Cl)cc1. The lowest BCUT2D eigenvalue weighted by molar-refractivity contribution is 0.0954. The standard InChI is InChI=1S/C12H13ClN2O2/c13-10-5-3-9(4-6-10)11(16)14-12(17)15-7-1-2-8-15/h3-6H,1-2,7-8H2,(H,14,16,17). The lowest BCUT2D eigenvalue weighted by atomic mass is 10.2. The van der Waals surface area contributed by atoms with Crippen LogP contribution < -0.4 is 5.32 Å². The summed E-state index contributed by atoms with van der Waals surface area (Å²) in [7, 11) is 0. The molecule has 1 saturated heterocycles. The van der Waals surface area contributed by atoms with Gasteiger partial charge in [0.05, 0.1) is 0 Å². The Kier molecular flexibility index (Phi) is 3.64. The van der Waals surface area contributed by atoms with Gasteiger partial charge in [-0.25, -0.2) is 4.79 Å². The number of likely N-dealkylation sites (tertiary alicyclic amines) is 1. The van der Waals surface area contributed by atoms with Crippen molar-refractivity contribution in [2.24, 2.45) is 0 Å². The molecular weight excluding hydrogens is 240 g/mol. The number of amides is 3. The average Bonchev–Trinajstić information content (AvgIpc) is 2.83. The van der Waals surface area contributed by atoms with Gasteiger partial charge in [0.15, 0.2) is 0 Å². The summed E-state index contributed by atoms with van der Waals surface area (Å²) in [6.45, 7) is 1.44. The smallest absolute Gasteiger partial charge is 0.324 e. The van der Waals surface area contributed by atoms with Crippen LogP contribution in [0.1, 0.15) is 23.2 Å². The zero-order valence-electron chi connectivity index (χ0n) is 9.28. The Hall–Kier alpha value is -1.55. The maximum atomic E-state index is 11.7. The highest BCUT2D eigenvalue weighted by atomic mass is 35.5. The summed E-state index contributed by atoms with van der Waals surface area (Å²) >= 11 is 5.72. The number of imide groups is 1. The quantitative estimate of drug-likeness (QED) is 0.834. The molecule has 1 fully saturated rings. The minimum Gasteiger partial charge on any atom is -0.324 e. The van der Waals surface area contributed by atoms with Crippen LogP contribution in [0.25, 0.3) is 0 Å². The van der Waals surface area contributed by atoms with Gasteiger partial charge in [-0.1, -0.05) is 11.6 Å². The largest absolute Gasteiger partial charge is 0.324 e. The zero-order valence-corrected chi connectivity index (χ0v) is 10.0. The summed E-state index contributed by atoms with van der Waals surface area (Å²) in [6, 6.07) is 6.11. The van der Waals surface area contributed by atoms with Gasteiger partial charge >= 0.3 is 6.03 Å². The fraction of sp³-hybridized carbons (Fsp3) is 0.333. The molecule has 0 bridgehead atoms. The molecule has 0 saturated carbocycles. The van der Waals surface area contributed by atoms with Crippen molar-refractivity contribution in [3.05, 3.63) is 34.9 Å². The van der Waals surface area contributed by atoms with Gasteiger partial charge < -0.3 is 4.90 Å². The molecule has 1 aliphatic rings. The molecule has 4 nitrogen and oxygen atoms in total. The molecular formula is C12H13ClN2O2. The summed E-state index contributed by atoms with van der Waals surface area (Å²) in [6.07, 6.45) is 2.01. The molecule has 0 atom stereocenters. The highest BCUT2D eigenvalue weighted by molar-refractivity contribution is 6.30. The Morgan fingerprint density at radius 1 is 1.12 bits per heavy atom. The predicted octanol–water partition coefficient (Wildman–Crippen LogP) is 2.29. The Bertz CT molecular complexity index is 425. The van der Waals surface area contributed by atoms with E-state index in [1.54, 1.807) is 29.2 Å². The normalized spacial score (nSPS) is 14.8. The van der Waals surface area contributed by atoms with Crippen LogP contribution in [0.3, 0.4) is 0 Å². The van der Waals surface area contributed by atoms with Gasteiger partial charge in [-0.2, -0.15) is 0 Å². The zero-order chi connectivity index (χ0) is 12.3. The summed E-state index contributed by atoms with van der Waals surface area (Å²) in [4.78, 5) is 25.0. The lowest BCUT2D eigenvalue weighted by Gasteiger charge is -2.15. The summed E-state index contributed by atoms with van der Waals surface area (Å²) in [5, 5.41) is 2.93. The number of rotatable bonds is 1. The van der Waals surface area contributed by atoms with Crippen molar-refractivity contribution >= 4 is 23.5 Å². The second kappa shape index (κ2) is 5.19. The molecule has 0 aromatic heterocycles. The summed E-state index contributed by atoms with van der Waals surface area (Å²) in [5.74, 6) is -0.390. The Morgan fingerprint density at radius 3 is 2.29 bits per heavy atom. The van der Waals surface area contributed by atoms with Gasteiger partial charge in [0.1, 0.15) is 0 Å². The van der Waals surface area contributed by atoms with Crippen LogP contribution in [0, 0.1) is 0 Å². The topological polar surface area (TPSA) is 49.4 Å². The minimum atomic E-state index is -0.390. The molecule has 1 aliphatic heterocycles. The van der Waals surface area contributed by atoms with E-state index in [1.807, 2.05) is 0 Å². The number of hydrogen-bond acceptors (Lipinski definition) is 2. The van der Waals surface area contributed by atoms with Crippen LogP contribution in [-0.4, -0.2) is 29.9 Å². The Morgan fingerprint density at radius 2 is 1.71 bits per heavy atom. The van der Waals surface area contributed by atoms with Crippen molar-refractivity contribution in [1.29, 1.82) is 0 Å². The van der Waals surface area contributed by atoms with E-state index in [2.05, 4.69) is 5.32 Å². The molecule has 0 radical (unpaired) electrons. The van der Waals surface area contributed by atoms with Crippen LogP contribution in [0.2, 0.25) is 5.02 Å².